The second-order valence-electron chi connectivity index (χ2n) is 9.98. The highest BCUT2D eigenvalue weighted by Crippen LogP contribution is 2.52. The zero-order valence-electron chi connectivity index (χ0n) is 17.8. The van der Waals surface area contributed by atoms with Crippen LogP contribution in [0.4, 0.5) is 0 Å². The lowest BCUT2D eigenvalue weighted by molar-refractivity contribution is -0.0542. The van der Waals surface area contributed by atoms with Crippen molar-refractivity contribution >= 4 is 0 Å². The summed E-state index contributed by atoms with van der Waals surface area (Å²) in [5.41, 5.74) is 0.474. The molecular formula is C22H44N2. The van der Waals surface area contributed by atoms with Crippen molar-refractivity contribution in [2.45, 2.75) is 86.7 Å². The molecule has 142 valence electrons. The van der Waals surface area contributed by atoms with Crippen LogP contribution in [0.25, 0.3) is 0 Å². The Morgan fingerprint density at radius 1 is 0.750 bits per heavy atom. The molecule has 0 aromatic heterocycles. The van der Waals surface area contributed by atoms with E-state index in [9.17, 15) is 0 Å². The molecule has 2 rings (SSSR count). The maximum absolute atomic E-state index is 2.82. The van der Waals surface area contributed by atoms with Gasteiger partial charge in [-0.25, -0.2) is 0 Å². The highest BCUT2D eigenvalue weighted by atomic mass is 15.3. The Morgan fingerprint density at radius 2 is 1.29 bits per heavy atom. The van der Waals surface area contributed by atoms with Crippen molar-refractivity contribution in [3.8, 4) is 0 Å². The molecule has 1 saturated heterocycles. The number of rotatable bonds is 5. The second-order valence-corrected chi connectivity index (χ2v) is 9.98. The number of hydrogen-bond donors (Lipinski definition) is 0. The molecule has 0 radical (unpaired) electrons. The minimum Gasteiger partial charge on any atom is -0.298 e. The van der Waals surface area contributed by atoms with E-state index in [0.29, 0.717) is 17.5 Å². The highest BCUT2D eigenvalue weighted by Gasteiger charge is 2.47. The first-order valence-corrected chi connectivity index (χ1v) is 10.6. The summed E-state index contributed by atoms with van der Waals surface area (Å²) in [5.74, 6) is 3.44. The highest BCUT2D eigenvalue weighted by molar-refractivity contribution is 4.99. The fourth-order valence-corrected chi connectivity index (χ4v) is 5.74. The molecule has 2 fully saturated rings. The van der Waals surface area contributed by atoms with Gasteiger partial charge in [-0.3, -0.25) is 9.80 Å². The maximum atomic E-state index is 2.82. The van der Waals surface area contributed by atoms with E-state index in [0.717, 1.165) is 23.7 Å². The minimum absolute atomic E-state index is 0.474. The van der Waals surface area contributed by atoms with Gasteiger partial charge in [0.05, 0.1) is 0 Å². The van der Waals surface area contributed by atoms with Gasteiger partial charge in [-0.05, 0) is 69.1 Å². The predicted octanol–water partition coefficient (Wildman–Crippen LogP) is 5.14. The van der Waals surface area contributed by atoms with Gasteiger partial charge in [-0.1, -0.05) is 34.6 Å². The van der Waals surface area contributed by atoms with E-state index in [4.69, 9.17) is 0 Å². The van der Waals surface area contributed by atoms with E-state index in [-0.39, 0.29) is 0 Å². The van der Waals surface area contributed by atoms with Crippen LogP contribution in [0.15, 0.2) is 0 Å². The second kappa shape index (κ2) is 8.08. The van der Waals surface area contributed by atoms with E-state index >= 15 is 0 Å². The molecule has 1 heterocycles. The Kier molecular flexibility index (Phi) is 6.81. The molecular weight excluding hydrogens is 292 g/mol. The lowest BCUT2D eigenvalue weighted by Crippen LogP contribution is -2.58. The molecule has 1 saturated carbocycles. The van der Waals surface area contributed by atoms with Crippen LogP contribution >= 0.6 is 0 Å². The third kappa shape index (κ3) is 4.18. The summed E-state index contributed by atoms with van der Waals surface area (Å²) in [5, 5.41) is 0. The maximum Gasteiger partial charge on any atom is 0.0125 e. The molecule has 1 aliphatic heterocycles. The minimum atomic E-state index is 0.474. The zero-order chi connectivity index (χ0) is 18.1. The number of nitrogens with zero attached hydrogens (tertiary/aromatic N) is 2. The van der Waals surface area contributed by atoms with Crippen LogP contribution in [0.1, 0.15) is 74.7 Å². The van der Waals surface area contributed by atoms with E-state index in [1.807, 2.05) is 0 Å². The molecule has 0 aromatic carbocycles. The van der Waals surface area contributed by atoms with Crippen LogP contribution < -0.4 is 0 Å². The van der Waals surface area contributed by atoms with Crippen LogP contribution in [0.3, 0.4) is 0 Å². The Morgan fingerprint density at radius 3 is 1.75 bits per heavy atom. The first kappa shape index (κ1) is 20.2. The first-order valence-electron chi connectivity index (χ1n) is 10.6. The standard InChI is InChI=1S/C22H44N2/c1-16(2)20-9-10-21(17(3)4)22(8,15-20)19(7)24-13-11-23(12-14-24)18(5)6/h16-21H,9-15H2,1-8H3. The normalized spacial score (nSPS) is 35.1. The fraction of sp³-hybridized carbons (Fsp3) is 1.00. The third-order valence-electron chi connectivity index (χ3n) is 7.73. The first-order chi connectivity index (χ1) is 11.2. The molecule has 2 aliphatic rings. The summed E-state index contributed by atoms with van der Waals surface area (Å²) >= 11 is 0. The number of hydrogen-bond acceptors (Lipinski definition) is 2. The molecule has 24 heavy (non-hydrogen) atoms. The Labute approximate surface area is 152 Å². The topological polar surface area (TPSA) is 6.48 Å². The van der Waals surface area contributed by atoms with Crippen LogP contribution in [-0.4, -0.2) is 48.1 Å². The summed E-state index contributed by atoms with van der Waals surface area (Å²) < 4.78 is 0. The van der Waals surface area contributed by atoms with Gasteiger partial charge in [-0.15, -0.1) is 0 Å². The summed E-state index contributed by atoms with van der Waals surface area (Å²) in [6, 6.07) is 1.40. The van der Waals surface area contributed by atoms with Crippen LogP contribution in [-0.2, 0) is 0 Å². The van der Waals surface area contributed by atoms with Crippen molar-refractivity contribution < 1.29 is 0 Å². The van der Waals surface area contributed by atoms with Gasteiger partial charge >= 0.3 is 0 Å². The van der Waals surface area contributed by atoms with Crippen molar-refractivity contribution in [1.82, 2.24) is 9.80 Å². The molecule has 0 spiro atoms. The zero-order valence-corrected chi connectivity index (χ0v) is 17.8. The average molecular weight is 337 g/mol. The fourth-order valence-electron chi connectivity index (χ4n) is 5.74. The van der Waals surface area contributed by atoms with Gasteiger partial charge in [0.2, 0.25) is 0 Å². The van der Waals surface area contributed by atoms with Crippen molar-refractivity contribution in [2.24, 2.45) is 29.1 Å². The lowest BCUT2D eigenvalue weighted by Gasteiger charge is -2.55. The van der Waals surface area contributed by atoms with Crippen LogP contribution in [0.2, 0.25) is 0 Å². The van der Waals surface area contributed by atoms with Crippen molar-refractivity contribution in [1.29, 1.82) is 0 Å². The molecule has 0 aromatic rings. The van der Waals surface area contributed by atoms with Crippen molar-refractivity contribution in [3.05, 3.63) is 0 Å². The summed E-state index contributed by atoms with van der Waals surface area (Å²) in [6.07, 6.45) is 4.32. The van der Waals surface area contributed by atoms with Gasteiger partial charge in [0.15, 0.2) is 0 Å². The Hall–Kier alpha value is -0.0800. The van der Waals surface area contributed by atoms with Crippen molar-refractivity contribution in [2.75, 3.05) is 26.2 Å². The largest absolute Gasteiger partial charge is 0.298 e. The molecule has 2 nitrogen and oxygen atoms in total. The smallest absolute Gasteiger partial charge is 0.0125 e. The van der Waals surface area contributed by atoms with Gasteiger partial charge in [0.1, 0.15) is 0 Å². The lowest BCUT2D eigenvalue weighted by atomic mass is 9.56. The van der Waals surface area contributed by atoms with Crippen LogP contribution in [0.5, 0.6) is 0 Å². The third-order valence-corrected chi connectivity index (χ3v) is 7.73. The van der Waals surface area contributed by atoms with Gasteiger partial charge in [0.25, 0.3) is 0 Å². The Balaban J connectivity index is 2.11. The molecule has 1 aliphatic carbocycles. The SMILES string of the molecule is CC(C)C1CCC(C(C)C)C(C)(C(C)N2CCN(C(C)C)CC2)C1. The van der Waals surface area contributed by atoms with E-state index in [1.54, 1.807) is 0 Å². The summed E-state index contributed by atoms with van der Waals surface area (Å²) in [4.78, 5) is 5.46. The molecule has 4 unspecified atom stereocenters. The average Bonchev–Trinajstić information content (AvgIpc) is 2.53. The monoisotopic (exact) mass is 336 g/mol. The molecule has 0 bridgehead atoms. The van der Waals surface area contributed by atoms with Crippen LogP contribution in [0, 0.1) is 29.1 Å². The predicted molar refractivity (Wildman–Crippen MR) is 106 cm³/mol. The molecule has 0 N–H and O–H groups in total. The quantitative estimate of drug-likeness (QED) is 0.686. The van der Waals surface area contributed by atoms with Gasteiger partial charge < -0.3 is 0 Å². The number of piperazine rings is 1. The molecule has 0 amide bonds. The summed E-state index contributed by atoms with van der Waals surface area (Å²) in [7, 11) is 0. The van der Waals surface area contributed by atoms with E-state index in [2.05, 4.69) is 65.2 Å². The molecule has 4 atom stereocenters. The summed E-state index contributed by atoms with van der Waals surface area (Å²) in [6.45, 7) is 24.7. The van der Waals surface area contributed by atoms with Gasteiger partial charge in [0, 0.05) is 38.3 Å². The van der Waals surface area contributed by atoms with E-state index in [1.165, 1.54) is 45.4 Å². The van der Waals surface area contributed by atoms with Gasteiger partial charge in [-0.2, -0.15) is 0 Å². The molecule has 2 heteroatoms. The Bertz CT molecular complexity index is 381. The van der Waals surface area contributed by atoms with E-state index < -0.39 is 0 Å². The van der Waals surface area contributed by atoms with Crippen molar-refractivity contribution in [3.63, 3.8) is 0 Å².